The summed E-state index contributed by atoms with van der Waals surface area (Å²) >= 11 is 0. The summed E-state index contributed by atoms with van der Waals surface area (Å²) in [6.45, 7) is 5.20. The van der Waals surface area contributed by atoms with Crippen molar-refractivity contribution in [2.24, 2.45) is 0 Å². The molecule has 0 fully saturated rings. The van der Waals surface area contributed by atoms with Crippen molar-refractivity contribution in [2.45, 2.75) is 26.7 Å². The number of nitrogens with one attached hydrogen (secondary N) is 1. The summed E-state index contributed by atoms with van der Waals surface area (Å²) in [6.07, 6.45) is 4.47. The second-order valence-corrected chi connectivity index (χ2v) is 7.25. The molecule has 0 aliphatic rings. The molecule has 1 amide bonds. The highest BCUT2D eigenvalue weighted by Crippen LogP contribution is 2.25. The Morgan fingerprint density at radius 1 is 1.14 bits per heavy atom. The number of ether oxygens (including phenoxy) is 1. The van der Waals surface area contributed by atoms with E-state index in [1.165, 1.54) is 11.1 Å². The predicted octanol–water partition coefficient (Wildman–Crippen LogP) is 4.73. The number of carbonyl (C=O) groups excluding carboxylic acids is 1. The highest BCUT2D eigenvalue weighted by Gasteiger charge is 2.11. The van der Waals surface area contributed by atoms with Crippen molar-refractivity contribution in [3.8, 4) is 5.75 Å². The quantitative estimate of drug-likeness (QED) is 0.465. The van der Waals surface area contributed by atoms with E-state index in [0.717, 1.165) is 39.6 Å². The number of fused-ring (bicyclic) bond motifs is 2. The van der Waals surface area contributed by atoms with E-state index in [1.807, 2.05) is 36.4 Å². The lowest BCUT2D eigenvalue weighted by Gasteiger charge is -2.09. The number of benzene rings is 2. The van der Waals surface area contributed by atoms with Gasteiger partial charge in [-0.15, -0.1) is 0 Å². The van der Waals surface area contributed by atoms with Gasteiger partial charge in [-0.05, 0) is 55.7 Å². The minimum absolute atomic E-state index is 0.0160. The number of carbonyl (C=O) groups is 1. The summed E-state index contributed by atoms with van der Waals surface area (Å²) in [7, 11) is 0. The molecule has 1 N–H and O–H groups in total. The number of furan rings is 1. The Labute approximate surface area is 169 Å². The molecular formula is C24H24N2O3. The molecule has 0 radical (unpaired) electrons. The second-order valence-electron chi connectivity index (χ2n) is 7.25. The van der Waals surface area contributed by atoms with E-state index >= 15 is 0 Å². The number of rotatable bonds is 7. The molecule has 0 unspecified atom stereocenters. The fourth-order valence-corrected chi connectivity index (χ4v) is 3.38. The maximum absolute atomic E-state index is 12.3. The molecule has 0 atom stereocenters. The van der Waals surface area contributed by atoms with Crippen molar-refractivity contribution in [2.75, 3.05) is 13.2 Å². The number of para-hydroxylation sites is 1. The Bertz CT molecular complexity index is 1160. The van der Waals surface area contributed by atoms with Gasteiger partial charge in [0.05, 0.1) is 19.3 Å². The van der Waals surface area contributed by atoms with Crippen LogP contribution in [0.4, 0.5) is 0 Å². The minimum Gasteiger partial charge on any atom is -0.491 e. The van der Waals surface area contributed by atoms with E-state index in [1.54, 1.807) is 12.5 Å². The minimum atomic E-state index is -0.0160. The first-order valence-electron chi connectivity index (χ1n) is 9.82. The van der Waals surface area contributed by atoms with Crippen molar-refractivity contribution in [3.63, 3.8) is 0 Å². The number of pyridine rings is 1. The van der Waals surface area contributed by atoms with Gasteiger partial charge < -0.3 is 14.5 Å². The van der Waals surface area contributed by atoms with E-state index in [9.17, 15) is 4.79 Å². The fourth-order valence-electron chi connectivity index (χ4n) is 3.38. The molecule has 0 spiro atoms. The van der Waals surface area contributed by atoms with Gasteiger partial charge in [-0.25, -0.2) is 0 Å². The Balaban J connectivity index is 1.27. The van der Waals surface area contributed by atoms with Crippen LogP contribution < -0.4 is 10.1 Å². The number of aryl methyl sites for hydroxylation is 2. The first kappa shape index (κ1) is 19.0. The zero-order valence-electron chi connectivity index (χ0n) is 16.7. The monoisotopic (exact) mass is 388 g/mol. The molecule has 2 heterocycles. The van der Waals surface area contributed by atoms with Gasteiger partial charge >= 0.3 is 0 Å². The molecule has 2 aromatic heterocycles. The first-order valence-corrected chi connectivity index (χ1v) is 9.82. The van der Waals surface area contributed by atoms with Crippen molar-refractivity contribution in [3.05, 3.63) is 71.6 Å². The maximum Gasteiger partial charge on any atom is 0.224 e. The fraction of sp³-hybridized carbons (Fsp3) is 0.250. The van der Waals surface area contributed by atoms with Crippen LogP contribution in [0, 0.1) is 13.8 Å². The van der Waals surface area contributed by atoms with Gasteiger partial charge in [-0.1, -0.05) is 18.2 Å². The van der Waals surface area contributed by atoms with Gasteiger partial charge in [-0.2, -0.15) is 0 Å². The number of hydrogen-bond donors (Lipinski definition) is 1. The zero-order valence-corrected chi connectivity index (χ0v) is 16.7. The van der Waals surface area contributed by atoms with Crippen LogP contribution in [0.25, 0.3) is 21.9 Å². The molecule has 0 aliphatic carbocycles. The van der Waals surface area contributed by atoms with Gasteiger partial charge in [0, 0.05) is 29.1 Å². The average Bonchev–Trinajstić information content (AvgIpc) is 3.09. The molecule has 148 valence electrons. The summed E-state index contributed by atoms with van der Waals surface area (Å²) in [5.41, 5.74) is 4.98. The lowest BCUT2D eigenvalue weighted by molar-refractivity contribution is -0.120. The van der Waals surface area contributed by atoms with Crippen LogP contribution in [0.1, 0.15) is 23.1 Å². The number of aromatic nitrogens is 1. The molecular weight excluding hydrogens is 364 g/mol. The third-order valence-electron chi connectivity index (χ3n) is 5.12. The number of nitrogens with zero attached hydrogens (tertiary/aromatic N) is 1. The van der Waals surface area contributed by atoms with E-state index in [2.05, 4.69) is 30.2 Å². The summed E-state index contributed by atoms with van der Waals surface area (Å²) in [5.74, 6) is 0.753. The van der Waals surface area contributed by atoms with E-state index in [-0.39, 0.29) is 5.91 Å². The second kappa shape index (κ2) is 8.35. The Morgan fingerprint density at radius 2 is 1.97 bits per heavy atom. The third kappa shape index (κ3) is 4.24. The van der Waals surface area contributed by atoms with Crippen molar-refractivity contribution >= 4 is 27.8 Å². The standard InChI is InChI=1S/C24H24N2O3/c1-16-12-20-19(15-29-22(20)13-17(16)2)14-23(27)25-10-5-11-28-21-8-3-6-18-7-4-9-26-24(18)21/h3-4,6-9,12-13,15H,5,10-11,14H2,1-2H3,(H,25,27). The van der Waals surface area contributed by atoms with E-state index in [0.29, 0.717) is 19.6 Å². The molecule has 0 bridgehead atoms. The van der Waals surface area contributed by atoms with Crippen LogP contribution in [0.2, 0.25) is 0 Å². The highest BCUT2D eigenvalue weighted by molar-refractivity contribution is 5.88. The summed E-state index contributed by atoms with van der Waals surface area (Å²) in [5, 5.41) is 5.02. The van der Waals surface area contributed by atoms with Crippen molar-refractivity contribution < 1.29 is 13.9 Å². The van der Waals surface area contributed by atoms with Crippen LogP contribution in [0.15, 0.2) is 59.3 Å². The van der Waals surface area contributed by atoms with E-state index in [4.69, 9.17) is 9.15 Å². The molecule has 5 heteroatoms. The Kier molecular flexibility index (Phi) is 5.47. The molecule has 2 aromatic carbocycles. The lowest BCUT2D eigenvalue weighted by Crippen LogP contribution is -2.27. The van der Waals surface area contributed by atoms with Crippen LogP contribution in [-0.2, 0) is 11.2 Å². The van der Waals surface area contributed by atoms with Crippen molar-refractivity contribution in [1.82, 2.24) is 10.3 Å². The van der Waals surface area contributed by atoms with Gasteiger partial charge in [0.15, 0.2) is 0 Å². The molecule has 4 rings (SSSR count). The van der Waals surface area contributed by atoms with Crippen LogP contribution in [0.5, 0.6) is 5.75 Å². The topological polar surface area (TPSA) is 64.4 Å². The summed E-state index contributed by atoms with van der Waals surface area (Å²) in [4.78, 5) is 16.7. The molecule has 0 aliphatic heterocycles. The molecule has 29 heavy (non-hydrogen) atoms. The van der Waals surface area contributed by atoms with Gasteiger partial charge in [0.1, 0.15) is 16.8 Å². The predicted molar refractivity (Wildman–Crippen MR) is 114 cm³/mol. The SMILES string of the molecule is Cc1cc2occ(CC(=O)NCCCOc3cccc4cccnc34)c2cc1C. The van der Waals surface area contributed by atoms with Crippen LogP contribution >= 0.6 is 0 Å². The molecule has 0 saturated heterocycles. The molecule has 5 nitrogen and oxygen atoms in total. The van der Waals surface area contributed by atoms with Gasteiger partial charge in [0.2, 0.25) is 5.91 Å². The summed E-state index contributed by atoms with van der Waals surface area (Å²) < 4.78 is 11.5. The Hall–Kier alpha value is -3.34. The Morgan fingerprint density at radius 3 is 2.86 bits per heavy atom. The zero-order chi connectivity index (χ0) is 20.2. The van der Waals surface area contributed by atoms with Crippen molar-refractivity contribution in [1.29, 1.82) is 0 Å². The number of hydrogen-bond acceptors (Lipinski definition) is 4. The maximum atomic E-state index is 12.3. The smallest absolute Gasteiger partial charge is 0.224 e. The third-order valence-corrected chi connectivity index (χ3v) is 5.12. The van der Waals surface area contributed by atoms with E-state index < -0.39 is 0 Å². The molecule has 0 saturated carbocycles. The summed E-state index contributed by atoms with van der Waals surface area (Å²) in [6, 6.07) is 13.9. The largest absolute Gasteiger partial charge is 0.491 e. The normalized spacial score (nSPS) is 11.1. The number of amides is 1. The average molecular weight is 388 g/mol. The first-order chi connectivity index (χ1) is 14.1. The highest BCUT2D eigenvalue weighted by atomic mass is 16.5. The van der Waals surface area contributed by atoms with Crippen LogP contribution in [-0.4, -0.2) is 24.0 Å². The van der Waals surface area contributed by atoms with Gasteiger partial charge in [0.25, 0.3) is 0 Å². The molecule has 4 aromatic rings. The lowest BCUT2D eigenvalue weighted by atomic mass is 10.0. The van der Waals surface area contributed by atoms with Crippen LogP contribution in [0.3, 0.4) is 0 Å². The van der Waals surface area contributed by atoms with Gasteiger partial charge in [-0.3, -0.25) is 9.78 Å².